The summed E-state index contributed by atoms with van der Waals surface area (Å²) in [4.78, 5) is 27.7. The molecule has 1 heterocycles. The van der Waals surface area contributed by atoms with Gasteiger partial charge in [0.1, 0.15) is 18.2 Å². The summed E-state index contributed by atoms with van der Waals surface area (Å²) in [6.07, 6.45) is -5.07. The van der Waals surface area contributed by atoms with E-state index in [4.69, 9.17) is 4.74 Å². The van der Waals surface area contributed by atoms with Crippen LogP contribution < -0.4 is 10.6 Å². The third kappa shape index (κ3) is 4.89. The summed E-state index contributed by atoms with van der Waals surface area (Å²) < 4.78 is 5.20. The number of aliphatic hydroxyl groups is 3. The van der Waals surface area contributed by atoms with E-state index >= 15 is 0 Å². The highest BCUT2D eigenvalue weighted by molar-refractivity contribution is 5.89. The van der Waals surface area contributed by atoms with E-state index in [0.717, 1.165) is 0 Å². The lowest BCUT2D eigenvalue weighted by molar-refractivity contribution is -0.126. The average Bonchev–Trinajstić information content (AvgIpc) is 2.59. The van der Waals surface area contributed by atoms with Crippen molar-refractivity contribution in [1.29, 1.82) is 0 Å². The maximum atomic E-state index is 11.7. The molecule has 10 heteroatoms. The van der Waals surface area contributed by atoms with E-state index in [0.29, 0.717) is 5.69 Å². The number of ether oxygens (including phenoxy) is 1. The first-order valence-corrected chi connectivity index (χ1v) is 7.44. The second-order valence-corrected chi connectivity index (χ2v) is 5.30. The normalized spacial score (nSPS) is 27.3. The average molecular weight is 353 g/mol. The van der Waals surface area contributed by atoms with Gasteiger partial charge in [-0.1, -0.05) is 18.2 Å². The Morgan fingerprint density at radius 1 is 1.24 bits per heavy atom. The van der Waals surface area contributed by atoms with Crippen molar-refractivity contribution in [3.05, 3.63) is 30.3 Å². The van der Waals surface area contributed by atoms with Crippen molar-refractivity contribution in [3.63, 3.8) is 0 Å². The van der Waals surface area contributed by atoms with Gasteiger partial charge in [-0.3, -0.25) is 14.9 Å². The third-order valence-corrected chi connectivity index (χ3v) is 3.39. The lowest BCUT2D eigenvalue weighted by Gasteiger charge is -2.37. The minimum Gasteiger partial charge on any atom is -0.468 e. The number of para-hydroxylation sites is 1. The molecule has 1 fully saturated rings. The smallest absolute Gasteiger partial charge is 0.437 e. The number of rotatable bonds is 4. The first kappa shape index (κ1) is 18.6. The van der Waals surface area contributed by atoms with Crippen molar-refractivity contribution >= 4 is 23.6 Å². The second kappa shape index (κ2) is 8.42. The van der Waals surface area contributed by atoms with Crippen LogP contribution in [-0.4, -0.2) is 64.2 Å². The summed E-state index contributed by atoms with van der Waals surface area (Å²) >= 11 is 0. The fourth-order valence-corrected chi connectivity index (χ4v) is 2.20. The predicted molar refractivity (Wildman–Crippen MR) is 85.6 cm³/mol. The molecule has 0 aliphatic carbocycles. The number of carbonyl (C=O) groups is 2. The molecule has 1 aliphatic heterocycles. The largest absolute Gasteiger partial charge is 0.468 e. The van der Waals surface area contributed by atoms with Gasteiger partial charge in [-0.25, -0.2) is 4.79 Å². The summed E-state index contributed by atoms with van der Waals surface area (Å²) in [6.45, 7) is 0.581. The Morgan fingerprint density at radius 3 is 2.52 bits per heavy atom. The van der Waals surface area contributed by atoms with Crippen molar-refractivity contribution in [2.45, 2.75) is 31.3 Å². The number of carbonyl (C=O) groups excluding carboxylic acids is 2. The van der Waals surface area contributed by atoms with Crippen LogP contribution in [0.4, 0.5) is 10.5 Å². The van der Waals surface area contributed by atoms with Gasteiger partial charge in [-0.05, 0) is 17.3 Å². The maximum Gasteiger partial charge on any atom is 0.437 e. The molecule has 2 rings (SSSR count). The molecule has 1 aromatic carbocycles. The quantitative estimate of drug-likeness (QED) is 0.350. The number of nitrogens with zero attached hydrogens (tertiary/aromatic N) is 1. The fourth-order valence-electron chi connectivity index (χ4n) is 2.20. The molecule has 2 unspecified atom stereocenters. The van der Waals surface area contributed by atoms with Crippen LogP contribution in [0.3, 0.4) is 0 Å². The van der Waals surface area contributed by atoms with Crippen molar-refractivity contribution in [2.24, 2.45) is 5.16 Å². The molecule has 0 spiro atoms. The van der Waals surface area contributed by atoms with Crippen LogP contribution in [0.25, 0.3) is 0 Å². The Balaban J connectivity index is 2.09. The van der Waals surface area contributed by atoms with Gasteiger partial charge in [0.05, 0.1) is 6.61 Å². The number of oxime groups is 1. The van der Waals surface area contributed by atoms with E-state index in [-0.39, 0.29) is 5.90 Å². The number of aliphatic hydroxyl groups excluding tert-OH is 3. The summed E-state index contributed by atoms with van der Waals surface area (Å²) in [5.74, 6) is -0.876. The van der Waals surface area contributed by atoms with Crippen LogP contribution in [0.15, 0.2) is 35.5 Å². The topological polar surface area (TPSA) is 150 Å². The minimum absolute atomic E-state index is 0.352. The van der Waals surface area contributed by atoms with Gasteiger partial charge in [0, 0.05) is 12.6 Å². The van der Waals surface area contributed by atoms with E-state index in [9.17, 15) is 24.9 Å². The lowest BCUT2D eigenvalue weighted by atomic mass is 9.97. The lowest BCUT2D eigenvalue weighted by Crippen LogP contribution is -2.62. The summed E-state index contributed by atoms with van der Waals surface area (Å²) in [5.41, 5.74) is 0.472. The molecule has 0 radical (unpaired) electrons. The van der Waals surface area contributed by atoms with Gasteiger partial charge < -0.3 is 25.4 Å². The molecule has 25 heavy (non-hydrogen) atoms. The molecule has 1 aromatic rings. The molecule has 1 saturated heterocycles. The number of hydrogen-bond donors (Lipinski definition) is 5. The zero-order chi connectivity index (χ0) is 18.4. The number of amides is 2. The van der Waals surface area contributed by atoms with Crippen molar-refractivity contribution < 1.29 is 34.5 Å². The van der Waals surface area contributed by atoms with Crippen LogP contribution in [-0.2, 0) is 14.4 Å². The highest BCUT2D eigenvalue weighted by Gasteiger charge is 2.44. The molecule has 5 N–H and O–H groups in total. The minimum atomic E-state index is -1.51. The molecule has 4 atom stereocenters. The first-order chi connectivity index (χ1) is 11.9. The zero-order valence-corrected chi connectivity index (χ0v) is 13.3. The Hall–Kier alpha value is -2.69. The summed E-state index contributed by atoms with van der Waals surface area (Å²) in [6, 6.07) is 7.22. The van der Waals surface area contributed by atoms with E-state index in [1.54, 1.807) is 30.3 Å². The number of benzene rings is 1. The van der Waals surface area contributed by atoms with Crippen LogP contribution in [0, 0.1) is 0 Å². The van der Waals surface area contributed by atoms with Gasteiger partial charge in [-0.2, -0.15) is 0 Å². The molecule has 2 amide bonds. The fraction of sp³-hybridized carbons (Fsp3) is 0.400. The summed E-state index contributed by atoms with van der Waals surface area (Å²) in [7, 11) is 0. The maximum absolute atomic E-state index is 11.7. The van der Waals surface area contributed by atoms with Gasteiger partial charge in [0.2, 0.25) is 5.91 Å². The molecule has 0 saturated carbocycles. The molecule has 0 bridgehead atoms. The second-order valence-electron chi connectivity index (χ2n) is 5.30. The Bertz CT molecular complexity index is 637. The van der Waals surface area contributed by atoms with Gasteiger partial charge in [0.25, 0.3) is 5.90 Å². The van der Waals surface area contributed by atoms with E-state index in [2.05, 4.69) is 20.6 Å². The molecular weight excluding hydrogens is 334 g/mol. The van der Waals surface area contributed by atoms with E-state index in [1.165, 1.54) is 6.92 Å². The number of hydrogen-bond acceptors (Lipinski definition) is 8. The van der Waals surface area contributed by atoms with E-state index in [1.807, 2.05) is 0 Å². The van der Waals surface area contributed by atoms with Crippen molar-refractivity contribution in [2.75, 3.05) is 11.9 Å². The van der Waals surface area contributed by atoms with Crippen LogP contribution >= 0.6 is 0 Å². The zero-order valence-electron chi connectivity index (χ0n) is 13.3. The third-order valence-electron chi connectivity index (χ3n) is 3.39. The molecule has 10 nitrogen and oxygen atoms in total. The Labute approximate surface area is 143 Å². The number of anilines is 1. The molecule has 136 valence electrons. The highest BCUT2D eigenvalue weighted by Crippen LogP contribution is 2.18. The van der Waals surface area contributed by atoms with E-state index < -0.39 is 43.0 Å². The van der Waals surface area contributed by atoms with Crippen LogP contribution in [0.2, 0.25) is 0 Å². The summed E-state index contributed by atoms with van der Waals surface area (Å²) in [5, 5.41) is 37.3. The van der Waals surface area contributed by atoms with Crippen LogP contribution in [0.1, 0.15) is 6.92 Å². The molecular formula is C15H19N3O7. The van der Waals surface area contributed by atoms with Gasteiger partial charge in [0.15, 0.2) is 6.10 Å². The van der Waals surface area contributed by atoms with Crippen molar-refractivity contribution in [1.82, 2.24) is 5.32 Å². The van der Waals surface area contributed by atoms with Gasteiger partial charge in [-0.15, -0.1) is 0 Å². The standard InChI is InChI=1S/C15H19N3O7/c1-8(20)16-11-13(22)12(21)10(7-19)24-14(11)18-25-15(23)17-9-5-3-2-4-6-9/h2-6,10-13,19,21-22H,7H2,1H3,(H,16,20)(H,17,23)/t10?,11?,12-,13+/m0/s1. The molecule has 1 aliphatic rings. The van der Waals surface area contributed by atoms with Crippen molar-refractivity contribution in [3.8, 4) is 0 Å². The number of nitrogens with one attached hydrogen (secondary N) is 2. The highest BCUT2D eigenvalue weighted by atomic mass is 16.7. The monoisotopic (exact) mass is 353 g/mol. The Morgan fingerprint density at radius 2 is 1.92 bits per heavy atom. The first-order valence-electron chi connectivity index (χ1n) is 7.44. The molecule has 0 aromatic heterocycles. The predicted octanol–water partition coefficient (Wildman–Crippen LogP) is -0.834. The Kier molecular flexibility index (Phi) is 6.28. The van der Waals surface area contributed by atoms with Gasteiger partial charge >= 0.3 is 6.09 Å². The van der Waals surface area contributed by atoms with Crippen LogP contribution in [0.5, 0.6) is 0 Å². The SMILES string of the molecule is CC(=O)NC1C(=NOC(=O)Nc2ccccc2)OC(CO)[C@H](O)[C@@H]1O.